The van der Waals surface area contributed by atoms with Crippen LogP contribution in [0.25, 0.3) is 0 Å². The Morgan fingerprint density at radius 3 is 2.35 bits per heavy atom. The number of rotatable bonds is 9. The summed E-state index contributed by atoms with van der Waals surface area (Å²) in [5, 5.41) is 68.1. The molecule has 3 aliphatic heterocycles. The highest BCUT2D eigenvalue weighted by atomic mass is 16.8. The highest BCUT2D eigenvalue weighted by Gasteiger charge is 2.50. The molecule has 294 valence electrons. The topological polar surface area (TPSA) is 246 Å². The maximum Gasteiger partial charge on any atom is 0.302 e. The molecule has 0 radical (unpaired) electrons. The summed E-state index contributed by atoms with van der Waals surface area (Å²) in [5.41, 5.74) is 0.734. The average Bonchev–Trinajstić information content (AvgIpc) is 3.13. The molecule has 0 spiro atoms. The first kappa shape index (κ1) is 41.8. The van der Waals surface area contributed by atoms with E-state index in [0.29, 0.717) is 38.9 Å². The van der Waals surface area contributed by atoms with Gasteiger partial charge in [0.05, 0.1) is 19.3 Å². The van der Waals surface area contributed by atoms with Gasteiger partial charge in [-0.25, -0.2) is 0 Å². The third-order valence-corrected chi connectivity index (χ3v) is 9.73. The molecule has 8 N–H and O–H groups in total. The summed E-state index contributed by atoms with van der Waals surface area (Å²) >= 11 is 0. The fourth-order valence-electron chi connectivity index (χ4n) is 6.42. The Bertz CT molecular complexity index is 1300. The van der Waals surface area contributed by atoms with Crippen molar-refractivity contribution in [2.24, 2.45) is 5.92 Å². The molecule has 2 amide bonds. The number of amides is 2. The number of esters is 1. The zero-order chi connectivity index (χ0) is 38.1. The molecule has 0 aliphatic carbocycles. The number of ether oxygens (including phenoxy) is 5. The van der Waals surface area contributed by atoms with Crippen LogP contribution < -0.4 is 15.4 Å². The summed E-state index contributed by atoms with van der Waals surface area (Å²) in [7, 11) is 0. The minimum absolute atomic E-state index is 0.0282. The highest BCUT2D eigenvalue weighted by molar-refractivity contribution is 5.78. The Kier molecular flexibility index (Phi) is 15.6. The van der Waals surface area contributed by atoms with Gasteiger partial charge in [0.15, 0.2) is 12.4 Å². The largest absolute Gasteiger partial charge is 0.462 e. The second kappa shape index (κ2) is 19.4. The standard InChI is InChI=1S/C35H55N3O14/c1-5-18(2)33(47)38-14-6-12-37-26(41)15-24(36-13-11-23(16-38)49-20(4)40)21-7-9-22(10-8-21)50-35-32(30(45)27(42)19(3)48-35)52-34-31(46)29(44)28(43)25(17-39)51-34/h7-10,18-19,23-25,27-32,34-36,39,42-46H,5-6,11-17H2,1-4H3,(H,37,41)/t18-,19-,23-,24+,25+,27-,28+,29-,30+,31+,32+,34-,35-/m0/s1. The predicted octanol–water partition coefficient (Wildman–Crippen LogP) is -1.55. The van der Waals surface area contributed by atoms with Crippen molar-refractivity contribution in [3.05, 3.63) is 29.8 Å². The summed E-state index contributed by atoms with van der Waals surface area (Å²) in [6.07, 6.45) is -13.6. The van der Waals surface area contributed by atoms with E-state index in [4.69, 9.17) is 23.7 Å². The van der Waals surface area contributed by atoms with Crippen LogP contribution in [-0.4, -0.2) is 154 Å². The van der Waals surface area contributed by atoms with Crippen molar-refractivity contribution in [2.45, 2.75) is 127 Å². The van der Waals surface area contributed by atoms with Gasteiger partial charge in [0.1, 0.15) is 48.5 Å². The van der Waals surface area contributed by atoms with E-state index in [1.54, 1.807) is 29.2 Å². The van der Waals surface area contributed by atoms with Crippen LogP contribution in [0.5, 0.6) is 5.75 Å². The van der Waals surface area contributed by atoms with Crippen molar-refractivity contribution in [2.75, 3.05) is 32.8 Å². The van der Waals surface area contributed by atoms with Crippen molar-refractivity contribution in [1.82, 2.24) is 15.5 Å². The van der Waals surface area contributed by atoms with Crippen molar-refractivity contribution < 1.29 is 68.7 Å². The number of carbonyl (C=O) groups excluding carboxylic acids is 3. The van der Waals surface area contributed by atoms with Gasteiger partial charge in [-0.05, 0) is 50.4 Å². The number of nitrogens with one attached hydrogen (secondary N) is 2. The highest BCUT2D eigenvalue weighted by Crippen LogP contribution is 2.31. The predicted molar refractivity (Wildman–Crippen MR) is 181 cm³/mol. The third kappa shape index (κ3) is 10.8. The van der Waals surface area contributed by atoms with Crippen LogP contribution in [-0.2, 0) is 33.3 Å². The first-order valence-electron chi connectivity index (χ1n) is 17.9. The van der Waals surface area contributed by atoms with Crippen LogP contribution in [0.1, 0.15) is 65.0 Å². The zero-order valence-corrected chi connectivity index (χ0v) is 30.1. The van der Waals surface area contributed by atoms with Crippen molar-refractivity contribution >= 4 is 17.8 Å². The molecule has 1 aromatic carbocycles. The molecule has 0 unspecified atom stereocenters. The molecule has 3 aliphatic rings. The van der Waals surface area contributed by atoms with Gasteiger partial charge >= 0.3 is 5.97 Å². The Hall–Kier alpha value is -2.97. The zero-order valence-electron chi connectivity index (χ0n) is 30.1. The molecular weight excluding hydrogens is 686 g/mol. The van der Waals surface area contributed by atoms with Gasteiger partial charge in [0.2, 0.25) is 18.1 Å². The van der Waals surface area contributed by atoms with Crippen LogP contribution in [0.4, 0.5) is 0 Å². The van der Waals surface area contributed by atoms with Crippen LogP contribution in [0.15, 0.2) is 24.3 Å². The quantitative estimate of drug-likeness (QED) is 0.134. The fraction of sp³-hybridized carbons (Fsp3) is 0.743. The van der Waals surface area contributed by atoms with Crippen LogP contribution in [0.3, 0.4) is 0 Å². The van der Waals surface area contributed by atoms with Gasteiger partial charge in [0.25, 0.3) is 0 Å². The minimum atomic E-state index is -1.77. The summed E-state index contributed by atoms with van der Waals surface area (Å²) in [6.45, 7) is 7.33. The van der Waals surface area contributed by atoms with E-state index in [0.717, 1.165) is 5.56 Å². The summed E-state index contributed by atoms with van der Waals surface area (Å²) in [4.78, 5) is 39.8. The molecule has 0 bridgehead atoms. The number of hydrogen-bond donors (Lipinski definition) is 8. The molecular formula is C35H55N3O14. The molecule has 13 atom stereocenters. The van der Waals surface area contributed by atoms with E-state index in [-0.39, 0.29) is 36.4 Å². The van der Waals surface area contributed by atoms with Gasteiger partial charge in [-0.3, -0.25) is 14.4 Å². The van der Waals surface area contributed by atoms with Gasteiger partial charge in [0, 0.05) is 38.4 Å². The summed E-state index contributed by atoms with van der Waals surface area (Å²) in [5.74, 6) is -0.600. The van der Waals surface area contributed by atoms with E-state index in [9.17, 15) is 45.0 Å². The van der Waals surface area contributed by atoms with E-state index in [1.165, 1.54) is 13.8 Å². The lowest BCUT2D eigenvalue weighted by Gasteiger charge is -2.45. The third-order valence-electron chi connectivity index (χ3n) is 9.73. The van der Waals surface area contributed by atoms with E-state index in [1.807, 2.05) is 13.8 Å². The van der Waals surface area contributed by atoms with Gasteiger partial charge in [-0.15, -0.1) is 0 Å². The van der Waals surface area contributed by atoms with Crippen LogP contribution >= 0.6 is 0 Å². The van der Waals surface area contributed by atoms with Gasteiger partial charge < -0.3 is 69.9 Å². The smallest absolute Gasteiger partial charge is 0.302 e. The molecule has 0 saturated carbocycles. The first-order valence-corrected chi connectivity index (χ1v) is 17.9. The summed E-state index contributed by atoms with van der Waals surface area (Å²) < 4.78 is 28.6. The number of carbonyl (C=O) groups is 3. The Balaban J connectivity index is 1.48. The number of aliphatic hydroxyl groups is 6. The van der Waals surface area contributed by atoms with E-state index in [2.05, 4.69) is 10.6 Å². The number of benzene rings is 1. The molecule has 3 fully saturated rings. The Morgan fingerprint density at radius 2 is 1.69 bits per heavy atom. The lowest BCUT2D eigenvalue weighted by molar-refractivity contribution is -0.355. The lowest BCUT2D eigenvalue weighted by Crippen LogP contribution is -2.64. The molecule has 52 heavy (non-hydrogen) atoms. The average molecular weight is 742 g/mol. The van der Waals surface area contributed by atoms with Crippen molar-refractivity contribution in [1.29, 1.82) is 0 Å². The van der Waals surface area contributed by atoms with Crippen LogP contribution in [0.2, 0.25) is 0 Å². The Morgan fingerprint density at radius 1 is 0.981 bits per heavy atom. The Labute approximate surface area is 303 Å². The van der Waals surface area contributed by atoms with E-state index < -0.39 is 86.1 Å². The van der Waals surface area contributed by atoms with Crippen LogP contribution in [0, 0.1) is 5.92 Å². The molecule has 1 aromatic rings. The monoisotopic (exact) mass is 741 g/mol. The molecule has 3 saturated heterocycles. The minimum Gasteiger partial charge on any atom is -0.462 e. The maximum absolute atomic E-state index is 13.1. The SMILES string of the molecule is CC[C@H](C)C(=O)N1CCCNC(=O)C[C@H](c2ccc(O[C@@H]3O[C@@H](C)[C@H](O)[C@@H](O)[C@H]3O[C@@H]3O[C@H](CO)[C@@H](O)[C@H](O)[C@H]3O)cc2)NCC[C@H](OC(C)=O)C1. The van der Waals surface area contributed by atoms with Gasteiger partial charge in [-0.2, -0.15) is 0 Å². The number of aliphatic hydroxyl groups excluding tert-OH is 6. The fourth-order valence-corrected chi connectivity index (χ4v) is 6.42. The second-order valence-electron chi connectivity index (χ2n) is 13.7. The molecule has 0 aromatic heterocycles. The van der Waals surface area contributed by atoms with Crippen molar-refractivity contribution in [3.8, 4) is 5.75 Å². The maximum atomic E-state index is 13.1. The molecule has 4 rings (SSSR count). The lowest BCUT2D eigenvalue weighted by atomic mass is 9.97. The number of nitrogens with zero attached hydrogens (tertiary/aromatic N) is 1. The normalized spacial score (nSPS) is 36.0. The van der Waals surface area contributed by atoms with Crippen molar-refractivity contribution in [3.63, 3.8) is 0 Å². The molecule has 17 heteroatoms. The molecule has 17 nitrogen and oxygen atoms in total. The first-order chi connectivity index (χ1) is 24.7. The molecule has 3 heterocycles. The second-order valence-corrected chi connectivity index (χ2v) is 13.7. The number of hydrogen-bond acceptors (Lipinski definition) is 15. The summed E-state index contributed by atoms with van der Waals surface area (Å²) in [6, 6.07) is 6.26. The van der Waals surface area contributed by atoms with Gasteiger partial charge in [-0.1, -0.05) is 26.0 Å². The van der Waals surface area contributed by atoms with E-state index >= 15 is 0 Å².